The normalized spacial score (nSPS) is 11.4. The number of benzene rings is 8. The van der Waals surface area contributed by atoms with Gasteiger partial charge in [0.1, 0.15) is 0 Å². The fourth-order valence-electron chi connectivity index (χ4n) is 7.53. The molecule has 0 fully saturated rings. The first-order valence-electron chi connectivity index (χ1n) is 17.7. The van der Waals surface area contributed by atoms with E-state index in [0.717, 1.165) is 61.0 Å². The molecule has 0 aliphatic rings. The van der Waals surface area contributed by atoms with Gasteiger partial charge in [-0.05, 0) is 86.6 Å². The van der Waals surface area contributed by atoms with Gasteiger partial charge in [-0.3, -0.25) is 4.57 Å². The summed E-state index contributed by atoms with van der Waals surface area (Å²) in [6.45, 7) is 0. The molecule has 0 saturated heterocycles. The van der Waals surface area contributed by atoms with E-state index in [1.54, 1.807) is 0 Å². The SMILES string of the molecule is N#Cc1ccc(-c2ccc(-c3ccc4c(-c5ccc(-c6ccccc6)cc5)nc(-n5c6ccccc6c6cc7ccccc7cc65)nc4c3)cc2)cc1. The van der Waals surface area contributed by atoms with Crippen LogP contribution in [0.1, 0.15) is 5.56 Å². The van der Waals surface area contributed by atoms with Gasteiger partial charge in [-0.2, -0.15) is 5.26 Å². The molecule has 2 heterocycles. The number of nitrogens with zero attached hydrogens (tertiary/aromatic N) is 4. The van der Waals surface area contributed by atoms with Crippen LogP contribution in [0.15, 0.2) is 182 Å². The molecule has 0 bridgehead atoms. The lowest BCUT2D eigenvalue weighted by Gasteiger charge is -2.14. The summed E-state index contributed by atoms with van der Waals surface area (Å²) in [7, 11) is 0. The van der Waals surface area contributed by atoms with Crippen molar-refractivity contribution >= 4 is 43.5 Å². The van der Waals surface area contributed by atoms with Crippen molar-refractivity contribution in [1.29, 1.82) is 5.26 Å². The van der Waals surface area contributed by atoms with Crippen molar-refractivity contribution in [2.75, 3.05) is 0 Å². The molecule has 0 atom stereocenters. The molecule has 246 valence electrons. The maximum absolute atomic E-state index is 9.21. The minimum absolute atomic E-state index is 0.634. The molecule has 0 aliphatic carbocycles. The quantitative estimate of drug-likeness (QED) is 0.183. The lowest BCUT2D eigenvalue weighted by atomic mass is 9.97. The van der Waals surface area contributed by atoms with Gasteiger partial charge in [-0.15, -0.1) is 0 Å². The van der Waals surface area contributed by atoms with Gasteiger partial charge >= 0.3 is 0 Å². The summed E-state index contributed by atoms with van der Waals surface area (Å²) in [6.07, 6.45) is 0. The Labute approximate surface area is 306 Å². The highest BCUT2D eigenvalue weighted by Gasteiger charge is 2.18. The standard InChI is InChI=1S/C49H30N4/c50-31-32-14-16-34(17-15-32)36-18-20-37(21-19-36)41-26-27-43-45(29-41)51-49(52-48(43)38-24-22-35(23-25-38)33-8-2-1-3-9-33)53-46-13-7-6-12-42(46)44-28-39-10-4-5-11-40(39)30-47(44)53/h1-30H. The molecule has 0 saturated carbocycles. The number of hydrogen-bond donors (Lipinski definition) is 0. The van der Waals surface area contributed by atoms with E-state index in [4.69, 9.17) is 9.97 Å². The van der Waals surface area contributed by atoms with Gasteiger partial charge in [-0.25, -0.2) is 9.97 Å². The van der Waals surface area contributed by atoms with Crippen LogP contribution >= 0.6 is 0 Å². The second kappa shape index (κ2) is 12.5. The molecule has 0 radical (unpaired) electrons. The van der Waals surface area contributed by atoms with Gasteiger partial charge in [0.05, 0.1) is 33.9 Å². The lowest BCUT2D eigenvalue weighted by Crippen LogP contribution is -2.03. The topological polar surface area (TPSA) is 54.5 Å². The molecule has 10 aromatic rings. The number of hydrogen-bond acceptors (Lipinski definition) is 3. The van der Waals surface area contributed by atoms with Crippen molar-refractivity contribution in [3.63, 3.8) is 0 Å². The summed E-state index contributed by atoms with van der Waals surface area (Å²) < 4.78 is 2.22. The number of fused-ring (bicyclic) bond motifs is 5. The fraction of sp³-hybridized carbons (Fsp3) is 0. The van der Waals surface area contributed by atoms with Gasteiger partial charge in [-0.1, -0.05) is 140 Å². The van der Waals surface area contributed by atoms with Gasteiger partial charge in [0, 0.05) is 21.7 Å². The molecular formula is C49H30N4. The largest absolute Gasteiger partial charge is 0.278 e. The van der Waals surface area contributed by atoms with Gasteiger partial charge in [0.15, 0.2) is 0 Å². The molecule has 0 spiro atoms. The van der Waals surface area contributed by atoms with Crippen LogP contribution in [0.4, 0.5) is 0 Å². The van der Waals surface area contributed by atoms with E-state index in [0.29, 0.717) is 11.5 Å². The zero-order valence-corrected chi connectivity index (χ0v) is 28.6. The zero-order chi connectivity index (χ0) is 35.3. The molecule has 0 aliphatic heterocycles. The van der Waals surface area contributed by atoms with Crippen molar-refractivity contribution in [3.05, 3.63) is 188 Å². The van der Waals surface area contributed by atoms with Crippen LogP contribution in [0.5, 0.6) is 0 Å². The molecule has 10 rings (SSSR count). The highest BCUT2D eigenvalue weighted by atomic mass is 15.2. The molecule has 0 N–H and O–H groups in total. The Morgan fingerprint density at radius 2 is 0.943 bits per heavy atom. The molecule has 4 heteroatoms. The molecule has 0 amide bonds. The predicted octanol–water partition coefficient (Wildman–Crippen LogP) is 12.4. The Balaban J connectivity index is 1.17. The van der Waals surface area contributed by atoms with E-state index in [-0.39, 0.29) is 0 Å². The first-order chi connectivity index (χ1) is 26.2. The molecular weight excluding hydrogens is 645 g/mol. The Morgan fingerprint density at radius 1 is 0.396 bits per heavy atom. The van der Waals surface area contributed by atoms with Crippen molar-refractivity contribution in [3.8, 4) is 56.7 Å². The number of nitriles is 1. The van der Waals surface area contributed by atoms with Crippen molar-refractivity contribution in [2.45, 2.75) is 0 Å². The van der Waals surface area contributed by atoms with Crippen LogP contribution in [-0.4, -0.2) is 14.5 Å². The van der Waals surface area contributed by atoms with E-state index < -0.39 is 0 Å². The van der Waals surface area contributed by atoms with Crippen LogP contribution in [0.25, 0.3) is 94.1 Å². The summed E-state index contributed by atoms with van der Waals surface area (Å²) >= 11 is 0. The Morgan fingerprint density at radius 3 is 1.64 bits per heavy atom. The van der Waals surface area contributed by atoms with Crippen LogP contribution in [0.3, 0.4) is 0 Å². The second-order valence-electron chi connectivity index (χ2n) is 13.4. The number of para-hydroxylation sites is 1. The zero-order valence-electron chi connectivity index (χ0n) is 28.6. The molecule has 53 heavy (non-hydrogen) atoms. The van der Waals surface area contributed by atoms with Gasteiger partial charge < -0.3 is 0 Å². The average molecular weight is 675 g/mol. The minimum atomic E-state index is 0.634. The van der Waals surface area contributed by atoms with E-state index in [9.17, 15) is 5.26 Å². The first kappa shape index (κ1) is 30.5. The lowest BCUT2D eigenvalue weighted by molar-refractivity contribution is 1.01. The van der Waals surface area contributed by atoms with E-state index in [1.165, 1.54) is 27.1 Å². The van der Waals surface area contributed by atoms with Crippen molar-refractivity contribution in [2.24, 2.45) is 0 Å². The smallest absolute Gasteiger partial charge is 0.235 e. The highest BCUT2D eigenvalue weighted by Crippen LogP contribution is 2.37. The maximum atomic E-state index is 9.21. The Bertz CT molecular complexity index is 3030. The van der Waals surface area contributed by atoms with Crippen LogP contribution in [0, 0.1) is 11.3 Å². The first-order valence-corrected chi connectivity index (χ1v) is 17.7. The van der Waals surface area contributed by atoms with Crippen molar-refractivity contribution < 1.29 is 0 Å². The van der Waals surface area contributed by atoms with Crippen molar-refractivity contribution in [1.82, 2.24) is 14.5 Å². The van der Waals surface area contributed by atoms with Crippen LogP contribution in [-0.2, 0) is 0 Å². The average Bonchev–Trinajstić information content (AvgIpc) is 3.55. The van der Waals surface area contributed by atoms with Crippen LogP contribution in [0.2, 0.25) is 0 Å². The number of aromatic nitrogens is 3. The summed E-state index contributed by atoms with van der Waals surface area (Å²) in [5.41, 5.74) is 12.3. The van der Waals surface area contributed by atoms with E-state index >= 15 is 0 Å². The third-order valence-corrected chi connectivity index (χ3v) is 10.3. The number of rotatable bonds is 5. The maximum Gasteiger partial charge on any atom is 0.235 e. The third-order valence-electron chi connectivity index (χ3n) is 10.3. The van der Waals surface area contributed by atoms with Gasteiger partial charge in [0.25, 0.3) is 0 Å². The molecule has 0 unspecified atom stereocenters. The summed E-state index contributed by atoms with van der Waals surface area (Å²) in [5.74, 6) is 0.634. The Hall–Kier alpha value is -7.35. The highest BCUT2D eigenvalue weighted by molar-refractivity contribution is 6.13. The minimum Gasteiger partial charge on any atom is -0.278 e. The summed E-state index contributed by atoms with van der Waals surface area (Å²) in [4.78, 5) is 10.7. The van der Waals surface area contributed by atoms with E-state index in [2.05, 4.69) is 162 Å². The molecule has 2 aromatic heterocycles. The monoisotopic (exact) mass is 674 g/mol. The van der Waals surface area contributed by atoms with Gasteiger partial charge in [0.2, 0.25) is 5.95 Å². The molecule has 8 aromatic carbocycles. The van der Waals surface area contributed by atoms with E-state index in [1.807, 2.05) is 30.3 Å². The molecule has 4 nitrogen and oxygen atoms in total. The predicted molar refractivity (Wildman–Crippen MR) is 218 cm³/mol. The fourth-order valence-corrected chi connectivity index (χ4v) is 7.53. The summed E-state index contributed by atoms with van der Waals surface area (Å²) in [6, 6.07) is 65.7. The summed E-state index contributed by atoms with van der Waals surface area (Å²) in [5, 5.41) is 14.9. The van der Waals surface area contributed by atoms with Crippen LogP contribution < -0.4 is 0 Å². The third kappa shape index (κ3) is 5.31. The second-order valence-corrected chi connectivity index (χ2v) is 13.4. The Kier molecular flexibility index (Phi) is 7.16.